The third-order valence-corrected chi connectivity index (χ3v) is 3.50. The van der Waals surface area contributed by atoms with E-state index in [9.17, 15) is 9.18 Å². The Labute approximate surface area is 112 Å². The average molecular weight is 263 g/mol. The van der Waals surface area contributed by atoms with E-state index in [2.05, 4.69) is 4.99 Å². The van der Waals surface area contributed by atoms with Crippen LogP contribution in [0.25, 0.3) is 0 Å². The number of nitrogens with two attached hydrogens (primary N) is 1. The zero-order chi connectivity index (χ0) is 14.0. The lowest BCUT2D eigenvalue weighted by molar-refractivity contribution is 0.178. The average Bonchev–Trinajstić information content (AvgIpc) is 2.57. The van der Waals surface area contributed by atoms with Gasteiger partial charge in [-0.3, -0.25) is 0 Å². The van der Waals surface area contributed by atoms with Gasteiger partial charge in [-0.1, -0.05) is 19.1 Å². The van der Waals surface area contributed by atoms with Gasteiger partial charge in [0.1, 0.15) is 17.2 Å². The zero-order valence-corrected chi connectivity index (χ0v) is 11.2. The molecule has 1 heterocycles. The molecule has 1 unspecified atom stereocenters. The summed E-state index contributed by atoms with van der Waals surface area (Å²) in [4.78, 5) is 17.4. The van der Waals surface area contributed by atoms with Crippen LogP contribution in [0, 0.1) is 5.82 Å². The molecular formula is C14H18FN3O. The predicted molar refractivity (Wildman–Crippen MR) is 72.5 cm³/mol. The maximum atomic E-state index is 12.9. The molecule has 1 aromatic rings. The lowest BCUT2D eigenvalue weighted by Gasteiger charge is -2.34. The third-order valence-electron chi connectivity index (χ3n) is 3.50. The number of urea groups is 1. The van der Waals surface area contributed by atoms with Gasteiger partial charge in [-0.2, -0.15) is 4.99 Å². The molecule has 4 nitrogen and oxygen atoms in total. The van der Waals surface area contributed by atoms with Gasteiger partial charge in [0.15, 0.2) is 0 Å². The third kappa shape index (κ3) is 2.45. The minimum absolute atomic E-state index is 0.275. The Morgan fingerprint density at radius 1 is 1.37 bits per heavy atom. The van der Waals surface area contributed by atoms with E-state index in [0.29, 0.717) is 18.8 Å². The summed E-state index contributed by atoms with van der Waals surface area (Å²) in [6.45, 7) is 4.51. The van der Waals surface area contributed by atoms with Crippen LogP contribution in [-0.2, 0) is 6.42 Å². The topological polar surface area (TPSA) is 58.7 Å². The first kappa shape index (κ1) is 13.5. The van der Waals surface area contributed by atoms with Gasteiger partial charge < -0.3 is 10.6 Å². The largest absolute Gasteiger partial charge is 0.385 e. The van der Waals surface area contributed by atoms with Gasteiger partial charge in [0, 0.05) is 13.0 Å². The molecule has 0 radical (unpaired) electrons. The van der Waals surface area contributed by atoms with Crippen molar-refractivity contribution in [1.82, 2.24) is 4.90 Å². The summed E-state index contributed by atoms with van der Waals surface area (Å²) in [7, 11) is 0. The van der Waals surface area contributed by atoms with E-state index in [1.807, 2.05) is 13.8 Å². The number of amides is 2. The molecule has 0 bridgehead atoms. The van der Waals surface area contributed by atoms with Crippen molar-refractivity contribution in [3.63, 3.8) is 0 Å². The van der Waals surface area contributed by atoms with Crippen molar-refractivity contribution < 1.29 is 9.18 Å². The number of carbonyl (C=O) groups is 1. The van der Waals surface area contributed by atoms with Crippen LogP contribution in [0.5, 0.6) is 0 Å². The van der Waals surface area contributed by atoms with Crippen molar-refractivity contribution in [2.45, 2.75) is 32.2 Å². The molecule has 1 atom stereocenters. The van der Waals surface area contributed by atoms with Gasteiger partial charge in [-0.05, 0) is 31.0 Å². The molecule has 5 heteroatoms. The molecule has 1 aromatic carbocycles. The van der Waals surface area contributed by atoms with Crippen LogP contribution in [0.1, 0.15) is 25.8 Å². The van der Waals surface area contributed by atoms with E-state index in [1.165, 1.54) is 12.1 Å². The summed E-state index contributed by atoms with van der Waals surface area (Å²) in [5.41, 5.74) is 6.22. The van der Waals surface area contributed by atoms with Crippen LogP contribution >= 0.6 is 0 Å². The van der Waals surface area contributed by atoms with Crippen molar-refractivity contribution in [2.24, 2.45) is 10.7 Å². The Bertz CT molecular complexity index is 512. The highest BCUT2D eigenvalue weighted by Gasteiger charge is 2.43. The van der Waals surface area contributed by atoms with Crippen molar-refractivity contribution in [1.29, 1.82) is 0 Å². The van der Waals surface area contributed by atoms with Crippen molar-refractivity contribution in [2.75, 3.05) is 6.54 Å². The normalized spacial score (nSPS) is 22.8. The maximum absolute atomic E-state index is 12.9. The molecule has 1 aliphatic heterocycles. The maximum Gasteiger partial charge on any atom is 0.346 e. The van der Waals surface area contributed by atoms with Gasteiger partial charge in [0.25, 0.3) is 0 Å². The number of carbonyl (C=O) groups excluding carboxylic acids is 1. The molecular weight excluding hydrogens is 245 g/mol. The van der Waals surface area contributed by atoms with Crippen LogP contribution in [0.4, 0.5) is 9.18 Å². The Hall–Kier alpha value is -1.91. The van der Waals surface area contributed by atoms with Gasteiger partial charge >= 0.3 is 6.03 Å². The van der Waals surface area contributed by atoms with Crippen molar-refractivity contribution in [3.05, 3.63) is 35.6 Å². The van der Waals surface area contributed by atoms with Crippen LogP contribution < -0.4 is 5.73 Å². The number of hydrogen-bond acceptors (Lipinski definition) is 2. The highest BCUT2D eigenvalue weighted by molar-refractivity contribution is 6.05. The molecule has 102 valence electrons. The summed E-state index contributed by atoms with van der Waals surface area (Å²) in [6, 6.07) is 5.95. The molecule has 0 fully saturated rings. The fraction of sp³-hybridized carbons (Fsp3) is 0.429. The Morgan fingerprint density at radius 2 is 2.00 bits per heavy atom. The van der Waals surface area contributed by atoms with E-state index >= 15 is 0 Å². The van der Waals surface area contributed by atoms with Crippen molar-refractivity contribution in [3.8, 4) is 0 Å². The standard InChI is InChI=1S/C14H18FN3O/c1-3-8-18-13(19)17-12(16)14(18,2)9-10-4-6-11(15)7-5-10/h4-7H,3,8-9H2,1-2H3,(H2,16,17,19). The fourth-order valence-corrected chi connectivity index (χ4v) is 2.38. The van der Waals surface area contributed by atoms with Crippen LogP contribution in [0.3, 0.4) is 0 Å². The van der Waals surface area contributed by atoms with Gasteiger partial charge in [0.05, 0.1) is 0 Å². The molecule has 0 saturated heterocycles. The Morgan fingerprint density at radius 3 is 2.58 bits per heavy atom. The number of rotatable bonds is 4. The lowest BCUT2D eigenvalue weighted by Crippen LogP contribution is -2.53. The highest BCUT2D eigenvalue weighted by Crippen LogP contribution is 2.27. The van der Waals surface area contributed by atoms with Gasteiger partial charge in [-0.15, -0.1) is 0 Å². The Kier molecular flexibility index (Phi) is 3.55. The first-order valence-electron chi connectivity index (χ1n) is 6.38. The second-order valence-electron chi connectivity index (χ2n) is 5.01. The summed E-state index contributed by atoms with van der Waals surface area (Å²) in [5, 5.41) is 0. The highest BCUT2D eigenvalue weighted by atomic mass is 19.1. The van der Waals surface area contributed by atoms with Crippen LogP contribution in [0.15, 0.2) is 29.3 Å². The van der Waals surface area contributed by atoms with Crippen LogP contribution in [0.2, 0.25) is 0 Å². The van der Waals surface area contributed by atoms with Gasteiger partial charge in [0.2, 0.25) is 0 Å². The Balaban J connectivity index is 2.26. The SMILES string of the molecule is CCCN1C(=O)N=C(N)C1(C)Cc1ccc(F)cc1. The van der Waals surface area contributed by atoms with Crippen molar-refractivity contribution >= 4 is 11.9 Å². The molecule has 0 aliphatic carbocycles. The number of halogens is 1. The molecule has 2 rings (SSSR count). The number of hydrogen-bond donors (Lipinski definition) is 1. The van der Waals surface area contributed by atoms with E-state index in [4.69, 9.17) is 5.73 Å². The number of amidine groups is 1. The molecule has 2 amide bonds. The smallest absolute Gasteiger partial charge is 0.346 e. The summed E-state index contributed by atoms with van der Waals surface area (Å²) >= 11 is 0. The molecule has 1 aliphatic rings. The number of aliphatic imine (C=N–C) groups is 1. The molecule has 0 saturated carbocycles. The van der Waals surface area contributed by atoms with E-state index in [1.54, 1.807) is 17.0 Å². The van der Waals surface area contributed by atoms with Gasteiger partial charge in [-0.25, -0.2) is 9.18 Å². The minimum Gasteiger partial charge on any atom is -0.385 e. The fourth-order valence-electron chi connectivity index (χ4n) is 2.38. The molecule has 2 N–H and O–H groups in total. The summed E-state index contributed by atoms with van der Waals surface area (Å²) in [6.07, 6.45) is 1.38. The predicted octanol–water partition coefficient (Wildman–Crippen LogP) is 2.33. The number of benzene rings is 1. The van der Waals surface area contributed by atoms with Crippen LogP contribution in [-0.4, -0.2) is 28.9 Å². The van der Waals surface area contributed by atoms with E-state index in [0.717, 1.165) is 12.0 Å². The second-order valence-corrected chi connectivity index (χ2v) is 5.01. The quantitative estimate of drug-likeness (QED) is 0.906. The van der Waals surface area contributed by atoms with E-state index in [-0.39, 0.29) is 11.8 Å². The monoisotopic (exact) mass is 263 g/mol. The summed E-state index contributed by atoms with van der Waals surface area (Å²) < 4.78 is 12.9. The first-order valence-corrected chi connectivity index (χ1v) is 6.38. The molecule has 19 heavy (non-hydrogen) atoms. The first-order chi connectivity index (χ1) is 8.97. The molecule has 0 spiro atoms. The minimum atomic E-state index is -0.620. The number of nitrogens with zero attached hydrogens (tertiary/aromatic N) is 2. The molecule has 0 aromatic heterocycles. The summed E-state index contributed by atoms with van der Waals surface area (Å²) in [5.74, 6) is 0.0544. The van der Waals surface area contributed by atoms with E-state index < -0.39 is 5.54 Å². The zero-order valence-electron chi connectivity index (χ0n) is 11.2. The lowest BCUT2D eigenvalue weighted by atomic mass is 9.90. The second kappa shape index (κ2) is 4.99.